The van der Waals surface area contributed by atoms with Crippen LogP contribution in [0.5, 0.6) is 0 Å². The first kappa shape index (κ1) is 14.3. The number of hydrazine groups is 1. The summed E-state index contributed by atoms with van der Waals surface area (Å²) in [5.41, 5.74) is 17.1. The van der Waals surface area contributed by atoms with Gasteiger partial charge in [0.15, 0.2) is 0 Å². The summed E-state index contributed by atoms with van der Waals surface area (Å²) < 4.78 is 4.18. The molecule has 14 heavy (non-hydrogen) atoms. The summed E-state index contributed by atoms with van der Waals surface area (Å²) in [5.74, 6) is 0. The van der Waals surface area contributed by atoms with Gasteiger partial charge in [0, 0.05) is 0 Å². The largest absolute Gasteiger partial charge is 0.450 e. The van der Waals surface area contributed by atoms with Crippen LogP contribution in [0.25, 0.3) is 0 Å². The molecule has 0 aliphatic heterocycles. The molecule has 0 atom stereocenters. The quantitative estimate of drug-likeness (QED) is 0.325. The van der Waals surface area contributed by atoms with Crippen LogP contribution in [-0.2, 0) is 4.74 Å². The molecule has 0 aliphatic rings. The van der Waals surface area contributed by atoms with E-state index in [4.69, 9.17) is 0 Å². The predicted octanol–water partition coefficient (Wildman–Crippen LogP) is -1.66. The van der Waals surface area contributed by atoms with Crippen LogP contribution < -0.4 is 28.1 Å². The topological polar surface area (TPSA) is 163 Å². The van der Waals surface area contributed by atoms with Crippen molar-refractivity contribution in [3.8, 4) is 0 Å². The van der Waals surface area contributed by atoms with Gasteiger partial charge >= 0.3 is 18.2 Å². The first-order chi connectivity index (χ1) is 6.40. The minimum atomic E-state index is -0.858. The zero-order chi connectivity index (χ0) is 11.6. The molecule has 0 rings (SSSR count). The molecule has 0 aliphatic carbocycles. The monoisotopic (exact) mass is 207 g/mol. The molecule has 0 fully saturated rings. The lowest BCUT2D eigenvalue weighted by atomic mass is 10.9. The minimum Gasteiger partial charge on any atom is -0.450 e. The zero-order valence-electron chi connectivity index (χ0n) is 7.57. The van der Waals surface area contributed by atoms with E-state index in [1.54, 1.807) is 17.8 Å². The van der Waals surface area contributed by atoms with Crippen LogP contribution in [0.3, 0.4) is 0 Å². The van der Waals surface area contributed by atoms with Crippen molar-refractivity contribution in [2.24, 2.45) is 17.2 Å². The van der Waals surface area contributed by atoms with Crippen LogP contribution in [0, 0.1) is 0 Å². The van der Waals surface area contributed by atoms with E-state index in [2.05, 4.69) is 21.9 Å². The zero-order valence-corrected chi connectivity index (χ0v) is 7.57. The van der Waals surface area contributed by atoms with Crippen LogP contribution in [0.1, 0.15) is 6.92 Å². The fourth-order valence-electron chi connectivity index (χ4n) is 0.265. The van der Waals surface area contributed by atoms with E-state index in [1.807, 2.05) is 0 Å². The van der Waals surface area contributed by atoms with Gasteiger partial charge in [-0.3, -0.25) is 0 Å². The normalized spacial score (nSPS) is 7.50. The van der Waals surface area contributed by atoms with E-state index in [0.29, 0.717) is 6.61 Å². The third kappa shape index (κ3) is 22.6. The summed E-state index contributed by atoms with van der Waals surface area (Å²) >= 11 is 0. The fraction of sp³-hybridized carbons (Fsp3) is 0.400. The van der Waals surface area contributed by atoms with E-state index in [0.717, 1.165) is 0 Å². The molecule has 0 saturated carbocycles. The highest BCUT2D eigenvalue weighted by atomic mass is 16.5. The van der Waals surface area contributed by atoms with Crippen molar-refractivity contribution in [1.29, 1.82) is 0 Å². The number of ether oxygens (including phenoxy) is 1. The number of nitrogens with one attached hydrogen (secondary N) is 2. The van der Waals surface area contributed by atoms with Crippen molar-refractivity contribution < 1.29 is 19.1 Å². The number of carbonyl (C=O) groups excluding carboxylic acids is 3. The Kier molecular flexibility index (Phi) is 9.12. The average Bonchev–Trinajstić information content (AvgIpc) is 2.01. The molecule has 0 aromatic heterocycles. The second-order valence-corrected chi connectivity index (χ2v) is 1.73. The Labute approximate surface area is 79.9 Å². The molecular weight excluding hydrogens is 194 g/mol. The number of hydrogen-bond donors (Lipinski definition) is 5. The summed E-state index contributed by atoms with van der Waals surface area (Å²) in [5, 5.41) is 0. The van der Waals surface area contributed by atoms with Gasteiger partial charge in [0.05, 0.1) is 6.61 Å². The van der Waals surface area contributed by atoms with Gasteiger partial charge in [-0.15, -0.1) is 0 Å². The molecular formula is C5H13N5O4. The number of urea groups is 2. The molecule has 0 spiro atoms. The van der Waals surface area contributed by atoms with Crippen LogP contribution >= 0.6 is 0 Å². The Bertz CT molecular complexity index is 192. The van der Waals surface area contributed by atoms with Gasteiger partial charge < -0.3 is 21.9 Å². The summed E-state index contributed by atoms with van der Waals surface area (Å²) in [6.45, 7) is 2.06. The lowest BCUT2D eigenvalue weighted by molar-refractivity contribution is 0.163. The van der Waals surface area contributed by atoms with Gasteiger partial charge in [-0.05, 0) is 6.92 Å². The molecule has 9 nitrogen and oxygen atoms in total. The van der Waals surface area contributed by atoms with Gasteiger partial charge in [0.1, 0.15) is 0 Å². The molecule has 0 heterocycles. The van der Waals surface area contributed by atoms with Gasteiger partial charge in [0.25, 0.3) is 0 Å². The van der Waals surface area contributed by atoms with Crippen LogP contribution in [0.15, 0.2) is 0 Å². The number of rotatable bonds is 1. The van der Waals surface area contributed by atoms with Gasteiger partial charge in [-0.2, -0.15) is 0 Å². The third-order valence-electron chi connectivity index (χ3n) is 0.595. The smallest absolute Gasteiger partial charge is 0.404 e. The molecule has 0 saturated heterocycles. The van der Waals surface area contributed by atoms with Crippen LogP contribution in [0.2, 0.25) is 0 Å². The van der Waals surface area contributed by atoms with Crippen molar-refractivity contribution in [2.45, 2.75) is 6.92 Å². The highest BCUT2D eigenvalue weighted by molar-refractivity contribution is 5.77. The standard InChI is InChI=1S/C3H7NO2.C2H6N4O2/c1-2-6-3(4)5;3-1(7)5-6-2(4)8/h2H2,1H3,(H2,4,5);(H3,3,5,7)(H3,4,6,8). The molecule has 0 aromatic rings. The maximum atomic E-state index is 9.74. The van der Waals surface area contributed by atoms with Crippen molar-refractivity contribution in [2.75, 3.05) is 6.61 Å². The molecule has 9 heteroatoms. The second-order valence-electron chi connectivity index (χ2n) is 1.73. The highest BCUT2D eigenvalue weighted by Crippen LogP contribution is 1.66. The van der Waals surface area contributed by atoms with Crippen molar-refractivity contribution in [3.05, 3.63) is 0 Å². The van der Waals surface area contributed by atoms with Gasteiger partial charge in [0.2, 0.25) is 0 Å². The van der Waals surface area contributed by atoms with Crippen molar-refractivity contribution >= 4 is 18.2 Å². The maximum absolute atomic E-state index is 9.74. The molecule has 0 unspecified atom stereocenters. The van der Waals surface area contributed by atoms with E-state index < -0.39 is 18.2 Å². The van der Waals surface area contributed by atoms with Gasteiger partial charge in [-0.1, -0.05) is 0 Å². The van der Waals surface area contributed by atoms with E-state index in [9.17, 15) is 14.4 Å². The molecule has 5 amide bonds. The Morgan fingerprint density at radius 3 is 1.50 bits per heavy atom. The van der Waals surface area contributed by atoms with Gasteiger partial charge in [-0.25, -0.2) is 25.2 Å². The number of nitrogens with two attached hydrogens (primary N) is 3. The van der Waals surface area contributed by atoms with Crippen LogP contribution in [0.4, 0.5) is 14.4 Å². The number of amides is 5. The number of carbonyl (C=O) groups is 3. The fourth-order valence-corrected chi connectivity index (χ4v) is 0.265. The van der Waals surface area contributed by atoms with E-state index in [-0.39, 0.29) is 0 Å². The first-order valence-electron chi connectivity index (χ1n) is 3.43. The lowest BCUT2D eigenvalue weighted by Crippen LogP contribution is -2.46. The average molecular weight is 207 g/mol. The van der Waals surface area contributed by atoms with E-state index >= 15 is 0 Å². The predicted molar refractivity (Wildman–Crippen MR) is 46.6 cm³/mol. The number of primary amides is 3. The molecule has 82 valence electrons. The SMILES string of the molecule is CCOC(N)=O.NC(=O)NNC(N)=O. The maximum Gasteiger partial charge on any atom is 0.404 e. The third-order valence-corrected chi connectivity index (χ3v) is 0.595. The summed E-state index contributed by atoms with van der Waals surface area (Å²) in [6.07, 6.45) is -0.711. The highest BCUT2D eigenvalue weighted by Gasteiger charge is 1.89. The van der Waals surface area contributed by atoms with Crippen LogP contribution in [-0.4, -0.2) is 24.8 Å². The Morgan fingerprint density at radius 1 is 1.07 bits per heavy atom. The van der Waals surface area contributed by atoms with E-state index in [1.165, 1.54) is 0 Å². The van der Waals surface area contributed by atoms with Crippen molar-refractivity contribution in [1.82, 2.24) is 10.9 Å². The lowest BCUT2D eigenvalue weighted by Gasteiger charge is -1.97. The second kappa shape index (κ2) is 8.90. The molecule has 8 N–H and O–H groups in total. The molecule has 0 radical (unpaired) electrons. The summed E-state index contributed by atoms with van der Waals surface area (Å²) in [4.78, 5) is 29.1. The Balaban J connectivity index is 0. The number of hydrogen-bond acceptors (Lipinski definition) is 4. The summed E-state index contributed by atoms with van der Waals surface area (Å²) in [7, 11) is 0. The Hall–Kier alpha value is -2.19. The summed E-state index contributed by atoms with van der Waals surface area (Å²) in [6, 6.07) is -1.72. The Morgan fingerprint density at radius 2 is 1.43 bits per heavy atom. The minimum absolute atomic E-state index is 0.356. The first-order valence-corrected chi connectivity index (χ1v) is 3.43. The molecule has 0 bridgehead atoms. The van der Waals surface area contributed by atoms with Crippen molar-refractivity contribution in [3.63, 3.8) is 0 Å². The molecule has 0 aromatic carbocycles.